The molecule has 302 valence electrons. The van der Waals surface area contributed by atoms with Crippen molar-refractivity contribution in [3.05, 3.63) is 0 Å². The fraction of sp³-hybridized carbons (Fsp3) is 0.933. The molecule has 0 aromatic rings. The van der Waals surface area contributed by atoms with E-state index in [1.54, 1.807) is 0 Å². The average Bonchev–Trinajstić information content (AvgIpc) is 3.11. The third kappa shape index (κ3) is 39.5. The van der Waals surface area contributed by atoms with Crippen molar-refractivity contribution in [1.82, 2.24) is 0 Å². The number of carbonyl (C=O) groups excluding carboxylic acids is 3. The number of ether oxygens (including phenoxy) is 3. The number of hydrogen-bond acceptors (Lipinski definition) is 6. The lowest BCUT2D eigenvalue weighted by Crippen LogP contribution is -2.30. The Kier molecular flexibility index (Phi) is 38.4. The molecule has 0 saturated heterocycles. The van der Waals surface area contributed by atoms with Crippen molar-refractivity contribution >= 4 is 17.9 Å². The van der Waals surface area contributed by atoms with Gasteiger partial charge in [0.2, 0.25) is 0 Å². The Morgan fingerprint density at radius 1 is 0.373 bits per heavy atom. The lowest BCUT2D eigenvalue weighted by molar-refractivity contribution is -0.167. The summed E-state index contributed by atoms with van der Waals surface area (Å²) in [6.45, 7) is 8.92. The van der Waals surface area contributed by atoms with Crippen LogP contribution in [0.15, 0.2) is 0 Å². The van der Waals surface area contributed by atoms with Gasteiger partial charge in [0.25, 0.3) is 0 Å². The van der Waals surface area contributed by atoms with Crippen LogP contribution in [0.4, 0.5) is 0 Å². The summed E-state index contributed by atoms with van der Waals surface area (Å²) in [4.78, 5) is 37.4. The Morgan fingerprint density at radius 3 is 0.961 bits per heavy atom. The van der Waals surface area contributed by atoms with Crippen LogP contribution in [0.2, 0.25) is 0 Å². The second kappa shape index (κ2) is 39.6. The molecule has 0 saturated carbocycles. The van der Waals surface area contributed by atoms with Crippen molar-refractivity contribution in [2.24, 2.45) is 5.92 Å². The molecule has 0 unspecified atom stereocenters. The number of carbonyl (C=O) groups is 3. The van der Waals surface area contributed by atoms with Gasteiger partial charge >= 0.3 is 17.9 Å². The molecule has 0 aliphatic heterocycles. The first-order valence-electron chi connectivity index (χ1n) is 22.4. The summed E-state index contributed by atoms with van der Waals surface area (Å²) in [7, 11) is 0. The number of hydrogen-bond donors (Lipinski definition) is 0. The van der Waals surface area contributed by atoms with Crippen LogP contribution in [0, 0.1) is 5.92 Å². The molecule has 0 aliphatic carbocycles. The largest absolute Gasteiger partial charge is 0.462 e. The number of unbranched alkanes of at least 4 members (excludes halogenated alkanes) is 27. The van der Waals surface area contributed by atoms with Crippen LogP contribution >= 0.6 is 0 Å². The van der Waals surface area contributed by atoms with E-state index >= 15 is 0 Å². The smallest absolute Gasteiger partial charge is 0.306 e. The molecule has 6 heteroatoms. The van der Waals surface area contributed by atoms with Crippen LogP contribution in [0.3, 0.4) is 0 Å². The summed E-state index contributed by atoms with van der Waals surface area (Å²) in [5.41, 5.74) is 0. The molecule has 0 aromatic heterocycles. The molecule has 0 spiro atoms. The maximum atomic E-state index is 12.7. The zero-order valence-electron chi connectivity index (χ0n) is 34.6. The van der Waals surface area contributed by atoms with Gasteiger partial charge in [0, 0.05) is 19.3 Å². The minimum absolute atomic E-state index is 0.0647. The molecule has 0 rings (SSSR count). The highest BCUT2D eigenvalue weighted by Crippen LogP contribution is 2.16. The summed E-state index contributed by atoms with van der Waals surface area (Å²) >= 11 is 0. The summed E-state index contributed by atoms with van der Waals surface area (Å²) in [5, 5.41) is 0. The molecule has 51 heavy (non-hydrogen) atoms. The standard InChI is InChI=1S/C45H86O6/c1-5-7-9-11-12-13-14-19-22-25-29-33-37-44(47)50-40-42(39-49-43(46)36-32-27-10-8-6-2)51-45(48)38-34-30-26-23-20-17-15-16-18-21-24-28-31-35-41(3)4/h41-42H,5-40H2,1-4H3/t42-/m0/s1. The van der Waals surface area contributed by atoms with Crippen LogP contribution in [0.25, 0.3) is 0 Å². The molecule has 0 radical (unpaired) electrons. The Balaban J connectivity index is 4.18. The third-order valence-corrected chi connectivity index (χ3v) is 10.0. The fourth-order valence-corrected chi connectivity index (χ4v) is 6.63. The molecule has 1 atom stereocenters. The highest BCUT2D eigenvalue weighted by atomic mass is 16.6. The SMILES string of the molecule is CCCCCCCCCCCCCCC(=O)OC[C@H](COC(=O)CCCCCCC)OC(=O)CCCCCCCCCCCCCCCC(C)C. The topological polar surface area (TPSA) is 78.9 Å². The van der Waals surface area contributed by atoms with Crippen LogP contribution in [0.5, 0.6) is 0 Å². The van der Waals surface area contributed by atoms with Crippen molar-refractivity contribution in [1.29, 1.82) is 0 Å². The van der Waals surface area contributed by atoms with Gasteiger partial charge in [-0.2, -0.15) is 0 Å². The lowest BCUT2D eigenvalue weighted by Gasteiger charge is -2.18. The predicted molar refractivity (Wildman–Crippen MR) is 215 cm³/mol. The lowest BCUT2D eigenvalue weighted by atomic mass is 10.0. The van der Waals surface area contributed by atoms with E-state index in [1.165, 1.54) is 135 Å². The van der Waals surface area contributed by atoms with Crippen molar-refractivity contribution in [2.45, 2.75) is 252 Å². The highest BCUT2D eigenvalue weighted by molar-refractivity contribution is 5.71. The Morgan fingerprint density at radius 2 is 0.647 bits per heavy atom. The zero-order chi connectivity index (χ0) is 37.5. The second-order valence-electron chi connectivity index (χ2n) is 15.8. The van der Waals surface area contributed by atoms with Crippen LogP contribution in [-0.4, -0.2) is 37.2 Å². The third-order valence-electron chi connectivity index (χ3n) is 10.0. The van der Waals surface area contributed by atoms with E-state index in [4.69, 9.17) is 14.2 Å². The van der Waals surface area contributed by atoms with E-state index < -0.39 is 6.10 Å². The molecule has 6 nitrogen and oxygen atoms in total. The van der Waals surface area contributed by atoms with Crippen molar-refractivity contribution in [3.63, 3.8) is 0 Å². The molecular formula is C45H86O6. The molecule has 0 amide bonds. The van der Waals surface area contributed by atoms with Gasteiger partial charge in [0.05, 0.1) is 0 Å². The van der Waals surface area contributed by atoms with Gasteiger partial charge < -0.3 is 14.2 Å². The Labute approximate surface area is 317 Å². The molecule has 0 heterocycles. The maximum Gasteiger partial charge on any atom is 0.306 e. The van der Waals surface area contributed by atoms with Crippen molar-refractivity contribution < 1.29 is 28.6 Å². The van der Waals surface area contributed by atoms with E-state index in [1.807, 2.05) is 0 Å². The molecular weight excluding hydrogens is 636 g/mol. The molecule has 0 N–H and O–H groups in total. The van der Waals surface area contributed by atoms with Crippen LogP contribution in [-0.2, 0) is 28.6 Å². The van der Waals surface area contributed by atoms with Gasteiger partial charge in [-0.15, -0.1) is 0 Å². The van der Waals surface area contributed by atoms with Gasteiger partial charge in [-0.25, -0.2) is 0 Å². The average molecular weight is 723 g/mol. The summed E-state index contributed by atoms with van der Waals surface area (Å²) in [6.07, 6.45) is 38.3. The van der Waals surface area contributed by atoms with Gasteiger partial charge in [0.1, 0.15) is 13.2 Å². The quantitative estimate of drug-likeness (QED) is 0.0356. The first kappa shape index (κ1) is 49.4. The second-order valence-corrected chi connectivity index (χ2v) is 15.8. The maximum absolute atomic E-state index is 12.7. The summed E-state index contributed by atoms with van der Waals surface area (Å²) in [6, 6.07) is 0. The van der Waals surface area contributed by atoms with Crippen LogP contribution in [0.1, 0.15) is 246 Å². The van der Waals surface area contributed by atoms with E-state index in [0.29, 0.717) is 19.3 Å². The zero-order valence-corrected chi connectivity index (χ0v) is 34.6. The van der Waals surface area contributed by atoms with E-state index in [2.05, 4.69) is 27.7 Å². The number of esters is 3. The van der Waals surface area contributed by atoms with Crippen LogP contribution < -0.4 is 0 Å². The first-order valence-corrected chi connectivity index (χ1v) is 22.4. The van der Waals surface area contributed by atoms with Crippen molar-refractivity contribution in [3.8, 4) is 0 Å². The van der Waals surface area contributed by atoms with E-state index in [0.717, 1.165) is 70.1 Å². The van der Waals surface area contributed by atoms with Gasteiger partial charge in [-0.05, 0) is 25.2 Å². The molecule has 0 bridgehead atoms. The summed E-state index contributed by atoms with van der Waals surface area (Å²) in [5.74, 6) is -0.0305. The van der Waals surface area contributed by atoms with Gasteiger partial charge in [-0.3, -0.25) is 14.4 Å². The van der Waals surface area contributed by atoms with Crippen molar-refractivity contribution in [2.75, 3.05) is 13.2 Å². The summed E-state index contributed by atoms with van der Waals surface area (Å²) < 4.78 is 16.6. The highest BCUT2D eigenvalue weighted by Gasteiger charge is 2.19. The predicted octanol–water partition coefficient (Wildman–Crippen LogP) is 13.9. The first-order chi connectivity index (χ1) is 24.9. The molecule has 0 aliphatic rings. The van der Waals surface area contributed by atoms with E-state index in [9.17, 15) is 14.4 Å². The minimum atomic E-state index is -0.757. The monoisotopic (exact) mass is 723 g/mol. The molecule has 0 fully saturated rings. The Bertz CT molecular complexity index is 766. The number of rotatable bonds is 40. The van der Waals surface area contributed by atoms with E-state index in [-0.39, 0.29) is 31.1 Å². The Hall–Kier alpha value is -1.59. The molecule has 0 aromatic carbocycles. The van der Waals surface area contributed by atoms with Gasteiger partial charge in [-0.1, -0.05) is 207 Å². The van der Waals surface area contributed by atoms with Gasteiger partial charge in [0.15, 0.2) is 6.10 Å². The minimum Gasteiger partial charge on any atom is -0.462 e. The fourth-order valence-electron chi connectivity index (χ4n) is 6.63. The normalized spacial score (nSPS) is 11.9.